The average Bonchev–Trinajstić information content (AvgIpc) is 2.33. The minimum atomic E-state index is -4.86. The summed E-state index contributed by atoms with van der Waals surface area (Å²) in [6, 6.07) is 6.03. The highest BCUT2D eigenvalue weighted by Gasteiger charge is 2.31. The van der Waals surface area contributed by atoms with Crippen LogP contribution in [0.25, 0.3) is 0 Å². The number of amides is 2. The Morgan fingerprint density at radius 1 is 1.04 bits per heavy atom. The van der Waals surface area contributed by atoms with E-state index in [1.807, 2.05) is 0 Å². The number of carbonyl (C=O) groups excluding carboxylic acids is 1. The Hall–Kier alpha value is -2.00. The van der Waals surface area contributed by atoms with Gasteiger partial charge in [-0.25, -0.2) is 9.18 Å². The highest BCUT2D eigenvalue weighted by atomic mass is 79.9. The van der Waals surface area contributed by atoms with Crippen LogP contribution >= 0.6 is 27.5 Å². The van der Waals surface area contributed by atoms with Crippen LogP contribution in [0.1, 0.15) is 0 Å². The first-order chi connectivity index (χ1) is 11.1. The van der Waals surface area contributed by atoms with Crippen molar-refractivity contribution in [1.82, 2.24) is 0 Å². The van der Waals surface area contributed by atoms with Gasteiger partial charge in [0.1, 0.15) is 11.6 Å². The Balaban J connectivity index is 2.11. The molecule has 0 saturated carbocycles. The van der Waals surface area contributed by atoms with E-state index in [2.05, 4.69) is 31.3 Å². The summed E-state index contributed by atoms with van der Waals surface area (Å²) in [7, 11) is 0. The van der Waals surface area contributed by atoms with E-state index < -0.39 is 24.0 Å². The maximum atomic E-state index is 13.2. The van der Waals surface area contributed by atoms with Crippen molar-refractivity contribution in [3.63, 3.8) is 0 Å². The molecule has 2 aromatic carbocycles. The fraction of sp³-hybridized carbons (Fsp3) is 0.0714. The van der Waals surface area contributed by atoms with Crippen molar-refractivity contribution in [2.45, 2.75) is 6.36 Å². The van der Waals surface area contributed by atoms with Crippen LogP contribution in [0.15, 0.2) is 40.9 Å². The van der Waals surface area contributed by atoms with Crippen molar-refractivity contribution in [1.29, 1.82) is 0 Å². The van der Waals surface area contributed by atoms with Gasteiger partial charge in [0.15, 0.2) is 0 Å². The first kappa shape index (κ1) is 18.3. The molecular formula is C14H8BrClF4N2O2. The molecule has 2 amide bonds. The molecule has 0 heterocycles. The molecule has 0 saturated heterocycles. The molecule has 0 aliphatic heterocycles. The van der Waals surface area contributed by atoms with E-state index in [1.54, 1.807) is 0 Å². The summed E-state index contributed by atoms with van der Waals surface area (Å²) < 4.78 is 54.0. The SMILES string of the molecule is O=C(Nc1cc(F)cc(Cl)c1)Nc1cc(Br)cc(OC(F)(F)F)c1. The summed E-state index contributed by atoms with van der Waals surface area (Å²) in [5.74, 6) is -1.16. The lowest BCUT2D eigenvalue weighted by molar-refractivity contribution is -0.274. The quantitative estimate of drug-likeness (QED) is 0.610. The third-order valence-corrected chi connectivity index (χ3v) is 3.16. The second kappa shape index (κ2) is 7.27. The Kier molecular flexibility index (Phi) is 5.55. The molecule has 0 aromatic heterocycles. The van der Waals surface area contributed by atoms with E-state index >= 15 is 0 Å². The highest BCUT2D eigenvalue weighted by molar-refractivity contribution is 9.10. The lowest BCUT2D eigenvalue weighted by atomic mass is 10.3. The van der Waals surface area contributed by atoms with Gasteiger partial charge in [-0.2, -0.15) is 0 Å². The Morgan fingerprint density at radius 2 is 1.67 bits per heavy atom. The number of rotatable bonds is 3. The molecule has 10 heteroatoms. The maximum Gasteiger partial charge on any atom is 0.573 e. The van der Waals surface area contributed by atoms with Crippen LogP contribution in [0, 0.1) is 5.82 Å². The third kappa shape index (κ3) is 5.89. The van der Waals surface area contributed by atoms with Crippen LogP contribution in [-0.2, 0) is 0 Å². The molecule has 24 heavy (non-hydrogen) atoms. The van der Waals surface area contributed by atoms with Crippen LogP contribution in [0.5, 0.6) is 5.75 Å². The zero-order valence-corrected chi connectivity index (χ0v) is 13.9. The predicted molar refractivity (Wildman–Crippen MR) is 84.9 cm³/mol. The third-order valence-electron chi connectivity index (χ3n) is 2.48. The van der Waals surface area contributed by atoms with E-state index in [4.69, 9.17) is 11.6 Å². The van der Waals surface area contributed by atoms with Crippen molar-refractivity contribution in [2.75, 3.05) is 10.6 Å². The zero-order valence-electron chi connectivity index (χ0n) is 11.5. The lowest BCUT2D eigenvalue weighted by Gasteiger charge is -2.12. The van der Waals surface area contributed by atoms with Gasteiger partial charge in [-0.05, 0) is 30.3 Å². The molecule has 2 aromatic rings. The number of hydrogen-bond acceptors (Lipinski definition) is 2. The second-order valence-electron chi connectivity index (χ2n) is 4.46. The molecule has 0 aliphatic rings. The van der Waals surface area contributed by atoms with Gasteiger partial charge in [0.25, 0.3) is 0 Å². The van der Waals surface area contributed by atoms with Crippen molar-refractivity contribution in [3.8, 4) is 5.75 Å². The van der Waals surface area contributed by atoms with Crippen LogP contribution in [-0.4, -0.2) is 12.4 Å². The molecule has 128 valence electrons. The standard InChI is InChI=1S/C14H8BrClF4N2O2/c15-7-1-10(6-12(2-7)24-14(18,19)20)21-13(23)22-11-4-8(16)3-9(17)5-11/h1-6H,(H2,21,22,23). The Labute approximate surface area is 146 Å². The predicted octanol–water partition coefficient (Wildman–Crippen LogP) is 5.78. The summed E-state index contributed by atoms with van der Waals surface area (Å²) in [6.45, 7) is 0. The Bertz CT molecular complexity index is 751. The number of halogens is 6. The summed E-state index contributed by atoms with van der Waals surface area (Å²) >= 11 is 8.67. The molecule has 0 aliphatic carbocycles. The number of benzene rings is 2. The Morgan fingerprint density at radius 3 is 2.25 bits per heavy atom. The van der Waals surface area contributed by atoms with Gasteiger partial charge in [0.05, 0.1) is 0 Å². The van der Waals surface area contributed by atoms with Gasteiger partial charge in [0, 0.05) is 26.9 Å². The second-order valence-corrected chi connectivity index (χ2v) is 5.81. The molecular weight excluding hydrogens is 420 g/mol. The molecule has 0 fully saturated rings. The molecule has 0 radical (unpaired) electrons. The van der Waals surface area contributed by atoms with E-state index in [0.717, 1.165) is 24.3 Å². The fourth-order valence-corrected chi connectivity index (χ4v) is 2.44. The first-order valence-electron chi connectivity index (χ1n) is 6.21. The average molecular weight is 428 g/mol. The van der Waals surface area contributed by atoms with Crippen molar-refractivity contribution in [2.24, 2.45) is 0 Å². The number of hydrogen-bond donors (Lipinski definition) is 2. The van der Waals surface area contributed by atoms with Gasteiger partial charge in [-0.1, -0.05) is 27.5 Å². The lowest BCUT2D eigenvalue weighted by Crippen LogP contribution is -2.20. The van der Waals surface area contributed by atoms with Crippen LogP contribution in [0.3, 0.4) is 0 Å². The summed E-state index contributed by atoms with van der Waals surface area (Å²) in [6.07, 6.45) is -4.86. The van der Waals surface area contributed by atoms with Gasteiger partial charge in [-0.15, -0.1) is 13.2 Å². The number of urea groups is 1. The van der Waals surface area contributed by atoms with Gasteiger partial charge < -0.3 is 15.4 Å². The molecule has 0 spiro atoms. The molecule has 4 nitrogen and oxygen atoms in total. The number of carbonyl (C=O) groups is 1. The number of ether oxygens (including phenoxy) is 1. The summed E-state index contributed by atoms with van der Waals surface area (Å²) in [4.78, 5) is 11.8. The monoisotopic (exact) mass is 426 g/mol. The topological polar surface area (TPSA) is 50.4 Å². The van der Waals surface area contributed by atoms with Crippen molar-refractivity contribution < 1.29 is 27.1 Å². The number of alkyl halides is 3. The van der Waals surface area contributed by atoms with Crippen LogP contribution in [0.2, 0.25) is 5.02 Å². The molecule has 0 unspecified atom stereocenters. The van der Waals surface area contributed by atoms with Crippen LogP contribution < -0.4 is 15.4 Å². The summed E-state index contributed by atoms with van der Waals surface area (Å²) in [5.41, 5.74) is 0.114. The summed E-state index contributed by atoms with van der Waals surface area (Å²) in [5, 5.41) is 4.69. The minimum Gasteiger partial charge on any atom is -0.406 e. The van der Waals surface area contributed by atoms with E-state index in [1.165, 1.54) is 12.1 Å². The van der Waals surface area contributed by atoms with Gasteiger partial charge >= 0.3 is 12.4 Å². The number of anilines is 2. The van der Waals surface area contributed by atoms with Crippen molar-refractivity contribution in [3.05, 3.63) is 51.7 Å². The molecule has 0 atom stereocenters. The molecule has 2 N–H and O–H groups in total. The fourth-order valence-electron chi connectivity index (χ4n) is 1.75. The highest BCUT2D eigenvalue weighted by Crippen LogP contribution is 2.29. The largest absolute Gasteiger partial charge is 0.573 e. The maximum absolute atomic E-state index is 13.2. The van der Waals surface area contributed by atoms with Crippen molar-refractivity contribution >= 4 is 44.9 Å². The number of nitrogens with one attached hydrogen (secondary N) is 2. The normalized spacial score (nSPS) is 11.1. The minimum absolute atomic E-state index is 0.0311. The van der Waals surface area contributed by atoms with Gasteiger partial charge in [0.2, 0.25) is 0 Å². The zero-order chi connectivity index (χ0) is 17.9. The smallest absolute Gasteiger partial charge is 0.406 e. The first-order valence-corrected chi connectivity index (χ1v) is 7.38. The van der Waals surface area contributed by atoms with E-state index in [9.17, 15) is 22.4 Å². The molecule has 0 bridgehead atoms. The molecule has 2 rings (SSSR count). The van der Waals surface area contributed by atoms with E-state index in [-0.39, 0.29) is 20.9 Å². The van der Waals surface area contributed by atoms with Crippen LogP contribution in [0.4, 0.5) is 33.7 Å². The van der Waals surface area contributed by atoms with Gasteiger partial charge in [-0.3, -0.25) is 0 Å². The van der Waals surface area contributed by atoms with E-state index in [0.29, 0.717) is 0 Å².